The fourth-order valence-electron chi connectivity index (χ4n) is 4.38. The van der Waals surface area contributed by atoms with Crippen LogP contribution in [-0.2, 0) is 16.1 Å². The maximum absolute atomic E-state index is 12.5. The second-order valence-electron chi connectivity index (χ2n) is 6.63. The largest absolute Gasteiger partial charge is 0.481 e. The van der Waals surface area contributed by atoms with Gasteiger partial charge in [-0.2, -0.15) is 0 Å². The molecule has 2 saturated carbocycles. The zero-order chi connectivity index (χ0) is 16.0. The van der Waals surface area contributed by atoms with Crippen LogP contribution in [0.15, 0.2) is 18.2 Å². The average Bonchev–Trinajstić information content (AvgIpc) is 3.25. The molecule has 4 rings (SSSR count). The summed E-state index contributed by atoms with van der Waals surface area (Å²) in [6.45, 7) is 0.590. The number of ether oxygens (including phenoxy) is 2. The quantitative estimate of drug-likeness (QED) is 0.884. The summed E-state index contributed by atoms with van der Waals surface area (Å²) in [5.74, 6) is -0.107. The summed E-state index contributed by atoms with van der Waals surface area (Å²) in [5.41, 5.74) is 0.914. The molecule has 1 aromatic rings. The standard InChI is InChI=1S/C17H19NO5/c19-16(14-10-2-3-11(6-10)15(14)17(20)21)18-7-9-1-4-12-13(5-9)23-8-22-12/h1,4-5,10-11,14-15H,2-3,6-8H2,(H,18,19)(H,20,21)/t10-,11-,14-,15-/m0/s1. The van der Waals surface area contributed by atoms with Crippen molar-refractivity contribution < 1.29 is 24.2 Å². The predicted octanol–water partition coefficient (Wildman–Crippen LogP) is 1.78. The molecule has 2 bridgehead atoms. The van der Waals surface area contributed by atoms with Gasteiger partial charge in [-0.3, -0.25) is 9.59 Å². The number of carboxylic acid groups (broad SMARTS) is 1. The number of hydrogen-bond acceptors (Lipinski definition) is 4. The number of nitrogens with one attached hydrogen (secondary N) is 1. The van der Waals surface area contributed by atoms with Gasteiger partial charge >= 0.3 is 5.97 Å². The molecular formula is C17H19NO5. The molecule has 2 N–H and O–H groups in total. The van der Waals surface area contributed by atoms with E-state index in [0.717, 1.165) is 24.8 Å². The van der Waals surface area contributed by atoms with E-state index >= 15 is 0 Å². The van der Waals surface area contributed by atoms with Gasteiger partial charge in [0.2, 0.25) is 12.7 Å². The van der Waals surface area contributed by atoms with Crippen LogP contribution in [0.25, 0.3) is 0 Å². The molecule has 23 heavy (non-hydrogen) atoms. The van der Waals surface area contributed by atoms with E-state index in [-0.39, 0.29) is 30.5 Å². The summed E-state index contributed by atoms with van der Waals surface area (Å²) >= 11 is 0. The second kappa shape index (κ2) is 5.44. The number of hydrogen-bond donors (Lipinski definition) is 2. The summed E-state index contributed by atoms with van der Waals surface area (Å²) in [7, 11) is 0. The minimum atomic E-state index is -0.833. The Kier molecular flexibility index (Phi) is 3.39. The SMILES string of the molecule is O=C(O)[C@H]1[C@H]2CC[C@@H](C2)[C@@H]1C(=O)NCc1ccc2c(c1)OCO2. The lowest BCUT2D eigenvalue weighted by molar-refractivity contribution is -0.149. The van der Waals surface area contributed by atoms with Crippen LogP contribution in [0.4, 0.5) is 0 Å². The molecule has 4 atom stereocenters. The molecule has 2 aliphatic carbocycles. The fraction of sp³-hybridized carbons (Fsp3) is 0.529. The zero-order valence-corrected chi connectivity index (χ0v) is 12.7. The highest BCUT2D eigenvalue weighted by atomic mass is 16.7. The van der Waals surface area contributed by atoms with Gasteiger partial charge in [-0.1, -0.05) is 6.07 Å². The van der Waals surface area contributed by atoms with E-state index in [0.29, 0.717) is 18.0 Å². The first-order chi connectivity index (χ1) is 11.1. The molecule has 3 aliphatic rings. The van der Waals surface area contributed by atoms with E-state index in [9.17, 15) is 14.7 Å². The molecule has 1 aromatic carbocycles. The number of fused-ring (bicyclic) bond motifs is 3. The Balaban J connectivity index is 1.43. The topological polar surface area (TPSA) is 84.9 Å². The molecule has 6 heteroatoms. The Morgan fingerprint density at radius 2 is 1.87 bits per heavy atom. The lowest BCUT2D eigenvalue weighted by Gasteiger charge is -2.27. The molecule has 1 amide bonds. The molecule has 6 nitrogen and oxygen atoms in total. The molecule has 0 unspecified atom stereocenters. The molecule has 1 heterocycles. The summed E-state index contributed by atoms with van der Waals surface area (Å²) in [6, 6.07) is 5.54. The Morgan fingerprint density at radius 1 is 1.13 bits per heavy atom. The van der Waals surface area contributed by atoms with E-state index in [1.54, 1.807) is 0 Å². The minimum Gasteiger partial charge on any atom is -0.481 e. The average molecular weight is 317 g/mol. The molecule has 122 valence electrons. The third kappa shape index (κ3) is 2.42. The van der Waals surface area contributed by atoms with Crippen LogP contribution in [0, 0.1) is 23.7 Å². The number of carbonyl (C=O) groups is 2. The highest BCUT2D eigenvalue weighted by molar-refractivity contribution is 5.86. The van der Waals surface area contributed by atoms with Crippen molar-refractivity contribution in [3.8, 4) is 11.5 Å². The van der Waals surface area contributed by atoms with Gasteiger partial charge in [-0.05, 0) is 48.8 Å². The normalized spacial score (nSPS) is 30.4. The van der Waals surface area contributed by atoms with Crippen LogP contribution < -0.4 is 14.8 Å². The zero-order valence-electron chi connectivity index (χ0n) is 12.7. The fourth-order valence-corrected chi connectivity index (χ4v) is 4.38. The summed E-state index contributed by atoms with van der Waals surface area (Å²) in [6.07, 6.45) is 2.78. The summed E-state index contributed by atoms with van der Waals surface area (Å²) in [4.78, 5) is 24.0. The maximum atomic E-state index is 12.5. The van der Waals surface area contributed by atoms with Crippen molar-refractivity contribution in [1.29, 1.82) is 0 Å². The smallest absolute Gasteiger partial charge is 0.307 e. The van der Waals surface area contributed by atoms with E-state index in [4.69, 9.17) is 9.47 Å². The first-order valence-electron chi connectivity index (χ1n) is 8.02. The predicted molar refractivity (Wildman–Crippen MR) is 79.9 cm³/mol. The highest BCUT2D eigenvalue weighted by Crippen LogP contribution is 2.52. The van der Waals surface area contributed by atoms with Gasteiger partial charge in [-0.15, -0.1) is 0 Å². The molecule has 2 fully saturated rings. The van der Waals surface area contributed by atoms with Crippen molar-refractivity contribution in [1.82, 2.24) is 5.32 Å². The van der Waals surface area contributed by atoms with Crippen LogP contribution >= 0.6 is 0 Å². The number of aliphatic carboxylic acids is 1. The van der Waals surface area contributed by atoms with Crippen molar-refractivity contribution in [2.45, 2.75) is 25.8 Å². The number of carboxylic acids is 1. The Morgan fingerprint density at radius 3 is 2.65 bits per heavy atom. The van der Waals surface area contributed by atoms with Gasteiger partial charge in [0.1, 0.15) is 0 Å². The van der Waals surface area contributed by atoms with E-state index < -0.39 is 11.9 Å². The van der Waals surface area contributed by atoms with E-state index in [1.807, 2.05) is 18.2 Å². The lowest BCUT2D eigenvalue weighted by atomic mass is 9.78. The van der Waals surface area contributed by atoms with Gasteiger partial charge in [0.15, 0.2) is 11.5 Å². The third-order valence-corrected chi connectivity index (χ3v) is 5.41. The Labute approximate surface area is 133 Å². The Hall–Kier alpha value is -2.24. The van der Waals surface area contributed by atoms with Crippen molar-refractivity contribution in [3.05, 3.63) is 23.8 Å². The first kappa shape index (κ1) is 14.4. The lowest BCUT2D eigenvalue weighted by Crippen LogP contribution is -2.41. The summed E-state index contributed by atoms with van der Waals surface area (Å²) in [5, 5.41) is 12.3. The van der Waals surface area contributed by atoms with Crippen LogP contribution in [0.2, 0.25) is 0 Å². The minimum absolute atomic E-state index is 0.137. The van der Waals surface area contributed by atoms with Crippen molar-refractivity contribution in [3.63, 3.8) is 0 Å². The monoisotopic (exact) mass is 317 g/mol. The molecular weight excluding hydrogens is 298 g/mol. The highest BCUT2D eigenvalue weighted by Gasteiger charge is 2.53. The van der Waals surface area contributed by atoms with E-state index in [2.05, 4.69) is 5.32 Å². The number of rotatable bonds is 4. The molecule has 0 spiro atoms. The van der Waals surface area contributed by atoms with Gasteiger partial charge in [0.05, 0.1) is 11.8 Å². The van der Waals surface area contributed by atoms with E-state index in [1.165, 1.54) is 0 Å². The second-order valence-corrected chi connectivity index (χ2v) is 6.63. The van der Waals surface area contributed by atoms with Crippen molar-refractivity contribution in [2.24, 2.45) is 23.7 Å². The molecule has 0 radical (unpaired) electrons. The maximum Gasteiger partial charge on any atom is 0.307 e. The number of benzene rings is 1. The van der Waals surface area contributed by atoms with Gasteiger partial charge in [0.25, 0.3) is 0 Å². The Bertz CT molecular complexity index is 658. The molecule has 0 saturated heterocycles. The summed E-state index contributed by atoms with van der Waals surface area (Å²) < 4.78 is 10.6. The van der Waals surface area contributed by atoms with Crippen molar-refractivity contribution >= 4 is 11.9 Å². The first-order valence-corrected chi connectivity index (χ1v) is 8.02. The third-order valence-electron chi connectivity index (χ3n) is 5.41. The molecule has 1 aliphatic heterocycles. The van der Waals surface area contributed by atoms with Crippen LogP contribution in [-0.4, -0.2) is 23.8 Å². The van der Waals surface area contributed by atoms with Crippen LogP contribution in [0.3, 0.4) is 0 Å². The van der Waals surface area contributed by atoms with Crippen LogP contribution in [0.5, 0.6) is 11.5 Å². The molecule has 0 aromatic heterocycles. The van der Waals surface area contributed by atoms with Gasteiger partial charge < -0.3 is 19.9 Å². The van der Waals surface area contributed by atoms with Gasteiger partial charge in [-0.25, -0.2) is 0 Å². The van der Waals surface area contributed by atoms with Gasteiger partial charge in [0, 0.05) is 6.54 Å². The number of amides is 1. The van der Waals surface area contributed by atoms with Crippen LogP contribution in [0.1, 0.15) is 24.8 Å². The van der Waals surface area contributed by atoms with Crippen molar-refractivity contribution in [2.75, 3.05) is 6.79 Å². The number of carbonyl (C=O) groups excluding carboxylic acids is 1.